The van der Waals surface area contributed by atoms with Crippen molar-refractivity contribution in [1.29, 1.82) is 0 Å². The second kappa shape index (κ2) is 6.78. The Morgan fingerprint density at radius 1 is 1.30 bits per heavy atom. The minimum Gasteiger partial charge on any atom is -0.507 e. The summed E-state index contributed by atoms with van der Waals surface area (Å²) in [7, 11) is 1.41. The average Bonchev–Trinajstić information content (AvgIpc) is 2.48. The SMILES string of the molecule is COC(=O)CCc1cc(C)c(O)c(C2CCCCC2)c1. The zero-order valence-electron chi connectivity index (χ0n) is 12.4. The topological polar surface area (TPSA) is 46.5 Å². The predicted octanol–water partition coefficient (Wildman–Crippen LogP) is 3.85. The van der Waals surface area contributed by atoms with E-state index in [2.05, 4.69) is 10.8 Å². The van der Waals surface area contributed by atoms with Crippen LogP contribution in [-0.2, 0) is 16.0 Å². The Morgan fingerprint density at radius 2 is 2.00 bits per heavy atom. The number of benzene rings is 1. The van der Waals surface area contributed by atoms with Crippen LogP contribution in [0.3, 0.4) is 0 Å². The van der Waals surface area contributed by atoms with Crippen LogP contribution in [0.25, 0.3) is 0 Å². The summed E-state index contributed by atoms with van der Waals surface area (Å²) in [4.78, 5) is 11.3. The largest absolute Gasteiger partial charge is 0.507 e. The van der Waals surface area contributed by atoms with Gasteiger partial charge in [0.2, 0.25) is 0 Å². The van der Waals surface area contributed by atoms with E-state index in [-0.39, 0.29) is 5.97 Å². The fourth-order valence-electron chi connectivity index (χ4n) is 3.10. The number of aromatic hydroxyl groups is 1. The summed E-state index contributed by atoms with van der Waals surface area (Å²) in [6, 6.07) is 4.06. The van der Waals surface area contributed by atoms with E-state index in [4.69, 9.17) is 0 Å². The smallest absolute Gasteiger partial charge is 0.305 e. The molecule has 110 valence electrons. The first-order chi connectivity index (χ1) is 9.61. The number of methoxy groups -OCH3 is 1. The highest BCUT2D eigenvalue weighted by molar-refractivity contribution is 5.69. The number of phenolic OH excluding ortho intramolecular Hbond substituents is 1. The second-order valence-electron chi connectivity index (χ2n) is 5.76. The monoisotopic (exact) mass is 276 g/mol. The number of hydrogen-bond acceptors (Lipinski definition) is 3. The van der Waals surface area contributed by atoms with Crippen LogP contribution in [0.15, 0.2) is 12.1 Å². The second-order valence-corrected chi connectivity index (χ2v) is 5.76. The molecule has 1 aromatic carbocycles. The van der Waals surface area contributed by atoms with Crippen molar-refractivity contribution in [2.75, 3.05) is 7.11 Å². The normalized spacial score (nSPS) is 16.1. The van der Waals surface area contributed by atoms with E-state index >= 15 is 0 Å². The van der Waals surface area contributed by atoms with E-state index in [0.717, 1.165) is 29.5 Å². The number of hydrogen-bond donors (Lipinski definition) is 1. The molecule has 0 amide bonds. The molecule has 0 saturated heterocycles. The van der Waals surface area contributed by atoms with Gasteiger partial charge in [0.15, 0.2) is 0 Å². The van der Waals surface area contributed by atoms with Gasteiger partial charge in [0.25, 0.3) is 0 Å². The van der Waals surface area contributed by atoms with Crippen LogP contribution in [0.4, 0.5) is 0 Å². The van der Waals surface area contributed by atoms with E-state index in [0.29, 0.717) is 24.5 Å². The van der Waals surface area contributed by atoms with E-state index in [1.165, 1.54) is 26.4 Å². The van der Waals surface area contributed by atoms with Crippen molar-refractivity contribution in [3.63, 3.8) is 0 Å². The molecule has 0 aliphatic heterocycles. The molecule has 1 aliphatic carbocycles. The molecule has 1 saturated carbocycles. The first-order valence-corrected chi connectivity index (χ1v) is 7.51. The van der Waals surface area contributed by atoms with Gasteiger partial charge in [-0.1, -0.05) is 31.4 Å². The van der Waals surface area contributed by atoms with Gasteiger partial charge in [0.1, 0.15) is 5.75 Å². The Labute approximate surface area is 121 Å². The van der Waals surface area contributed by atoms with Gasteiger partial charge in [0.05, 0.1) is 7.11 Å². The number of phenols is 1. The molecule has 20 heavy (non-hydrogen) atoms. The number of ether oxygens (including phenoxy) is 1. The van der Waals surface area contributed by atoms with Gasteiger partial charge < -0.3 is 9.84 Å². The maximum absolute atomic E-state index is 11.3. The molecular weight excluding hydrogens is 252 g/mol. The summed E-state index contributed by atoms with van der Waals surface area (Å²) in [6.07, 6.45) is 7.18. The zero-order valence-corrected chi connectivity index (χ0v) is 12.4. The highest BCUT2D eigenvalue weighted by Crippen LogP contribution is 2.39. The van der Waals surface area contributed by atoms with Gasteiger partial charge in [0, 0.05) is 6.42 Å². The first-order valence-electron chi connectivity index (χ1n) is 7.51. The maximum Gasteiger partial charge on any atom is 0.305 e. The molecule has 0 radical (unpaired) electrons. The van der Waals surface area contributed by atoms with Crippen LogP contribution in [0.2, 0.25) is 0 Å². The van der Waals surface area contributed by atoms with Gasteiger partial charge >= 0.3 is 5.97 Å². The number of aryl methyl sites for hydroxylation is 2. The Balaban J connectivity index is 2.17. The lowest BCUT2D eigenvalue weighted by atomic mass is 9.82. The van der Waals surface area contributed by atoms with Crippen LogP contribution in [0.1, 0.15) is 61.1 Å². The Morgan fingerprint density at radius 3 is 2.65 bits per heavy atom. The molecule has 1 aliphatic rings. The lowest BCUT2D eigenvalue weighted by molar-refractivity contribution is -0.140. The summed E-state index contributed by atoms with van der Waals surface area (Å²) in [6.45, 7) is 1.93. The van der Waals surface area contributed by atoms with Gasteiger partial charge in [-0.15, -0.1) is 0 Å². The minimum absolute atomic E-state index is 0.185. The molecule has 0 spiro atoms. The molecule has 0 aromatic heterocycles. The van der Waals surface area contributed by atoms with Crippen LogP contribution in [0.5, 0.6) is 5.75 Å². The van der Waals surface area contributed by atoms with Gasteiger partial charge in [-0.25, -0.2) is 0 Å². The summed E-state index contributed by atoms with van der Waals surface area (Å²) >= 11 is 0. The van der Waals surface area contributed by atoms with E-state index in [9.17, 15) is 9.90 Å². The predicted molar refractivity (Wildman–Crippen MR) is 79.0 cm³/mol. The van der Waals surface area contributed by atoms with Crippen molar-refractivity contribution in [3.05, 3.63) is 28.8 Å². The standard InChI is InChI=1S/C17H24O3/c1-12-10-13(8-9-16(18)20-2)11-15(17(12)19)14-6-4-3-5-7-14/h10-11,14,19H,3-9H2,1-2H3. The molecule has 0 heterocycles. The van der Waals surface area contributed by atoms with Crippen molar-refractivity contribution in [2.45, 2.75) is 57.8 Å². The van der Waals surface area contributed by atoms with Crippen LogP contribution in [0, 0.1) is 6.92 Å². The Hall–Kier alpha value is -1.51. The Kier molecular flexibility index (Phi) is 5.05. The van der Waals surface area contributed by atoms with Crippen molar-refractivity contribution in [1.82, 2.24) is 0 Å². The molecule has 2 rings (SSSR count). The third-order valence-electron chi connectivity index (χ3n) is 4.28. The summed E-state index contributed by atoms with van der Waals surface area (Å²) in [5.74, 6) is 0.731. The molecule has 1 N–H and O–H groups in total. The third kappa shape index (κ3) is 3.53. The number of carbonyl (C=O) groups excluding carboxylic acids is 1. The highest BCUT2D eigenvalue weighted by atomic mass is 16.5. The average molecular weight is 276 g/mol. The third-order valence-corrected chi connectivity index (χ3v) is 4.28. The molecule has 1 aromatic rings. The minimum atomic E-state index is -0.185. The zero-order chi connectivity index (χ0) is 14.5. The van der Waals surface area contributed by atoms with E-state index in [1.54, 1.807) is 0 Å². The number of esters is 1. The van der Waals surface area contributed by atoms with Crippen LogP contribution in [-0.4, -0.2) is 18.2 Å². The molecule has 3 nitrogen and oxygen atoms in total. The van der Waals surface area contributed by atoms with Crippen molar-refractivity contribution in [3.8, 4) is 5.75 Å². The number of rotatable bonds is 4. The maximum atomic E-state index is 11.3. The summed E-state index contributed by atoms with van der Waals surface area (Å²) in [5.41, 5.74) is 3.10. The molecule has 0 bridgehead atoms. The quantitative estimate of drug-likeness (QED) is 0.850. The first kappa shape index (κ1) is 14.9. The highest BCUT2D eigenvalue weighted by Gasteiger charge is 2.20. The fraction of sp³-hybridized carbons (Fsp3) is 0.588. The lowest BCUT2D eigenvalue weighted by Crippen LogP contribution is -2.07. The van der Waals surface area contributed by atoms with E-state index < -0.39 is 0 Å². The molecule has 0 atom stereocenters. The fourth-order valence-corrected chi connectivity index (χ4v) is 3.10. The van der Waals surface area contributed by atoms with Gasteiger partial charge in [-0.3, -0.25) is 4.79 Å². The molecular formula is C17H24O3. The summed E-state index contributed by atoms with van der Waals surface area (Å²) < 4.78 is 4.68. The van der Waals surface area contributed by atoms with Gasteiger partial charge in [-0.05, 0) is 48.8 Å². The molecule has 3 heteroatoms. The Bertz CT molecular complexity index is 473. The molecule has 1 fully saturated rings. The van der Waals surface area contributed by atoms with Crippen LogP contribution < -0.4 is 0 Å². The van der Waals surface area contributed by atoms with Gasteiger partial charge in [-0.2, -0.15) is 0 Å². The number of carbonyl (C=O) groups is 1. The van der Waals surface area contributed by atoms with E-state index in [1.807, 2.05) is 13.0 Å². The summed E-state index contributed by atoms with van der Waals surface area (Å²) in [5, 5.41) is 10.3. The lowest BCUT2D eigenvalue weighted by Gasteiger charge is -2.24. The molecule has 0 unspecified atom stereocenters. The van der Waals surface area contributed by atoms with Crippen LogP contribution >= 0.6 is 0 Å². The van der Waals surface area contributed by atoms with Crippen molar-refractivity contribution in [2.24, 2.45) is 0 Å². The van der Waals surface area contributed by atoms with Crippen molar-refractivity contribution < 1.29 is 14.6 Å². The van der Waals surface area contributed by atoms with Crippen molar-refractivity contribution >= 4 is 5.97 Å².